The van der Waals surface area contributed by atoms with E-state index < -0.39 is 34.3 Å². The first-order valence-electron chi connectivity index (χ1n) is 20.4. The maximum Gasteiger partial charge on any atom is 0.334 e. The van der Waals surface area contributed by atoms with E-state index in [1.54, 1.807) is 48.5 Å². The zero-order valence-corrected chi connectivity index (χ0v) is 32.9. The highest BCUT2D eigenvalue weighted by molar-refractivity contribution is 5.97. The van der Waals surface area contributed by atoms with Crippen molar-refractivity contribution in [2.75, 3.05) is 0 Å². The summed E-state index contributed by atoms with van der Waals surface area (Å²) < 4.78 is 18.0. The summed E-state index contributed by atoms with van der Waals surface area (Å²) in [7, 11) is 0. The summed E-state index contributed by atoms with van der Waals surface area (Å²) in [5.74, 6) is -1.64. The Morgan fingerprint density at radius 3 is 1.10 bits per heavy atom. The largest absolute Gasteiger partial charge is 0.493 e. The molecule has 2 N–H and O–H groups in total. The van der Waals surface area contributed by atoms with Gasteiger partial charge in [-0.05, 0) is 106 Å². The molecule has 2 aromatic heterocycles. The van der Waals surface area contributed by atoms with Gasteiger partial charge >= 0.3 is 11.9 Å². The SMILES string of the molecule is O=C1OC2(CCCCCC3(CCC2)CC(=Cc2c(O)n(-c4ccccc4)n(-c4ccccc4)c2=O)C(=O)O3)CC1=Cc1c(O)n(-c2ccccc2)n(-c2ccccc2)c1=O. The topological polar surface area (TPSA) is 147 Å². The second-order valence-corrected chi connectivity index (χ2v) is 15.9. The zero-order chi connectivity index (χ0) is 41.4. The molecule has 2 atom stereocenters. The number of rotatable bonds is 6. The van der Waals surface area contributed by atoms with Crippen LogP contribution in [0.3, 0.4) is 0 Å². The molecule has 2 aliphatic heterocycles. The van der Waals surface area contributed by atoms with Gasteiger partial charge in [-0.2, -0.15) is 0 Å². The maximum atomic E-state index is 14.0. The van der Waals surface area contributed by atoms with E-state index in [9.17, 15) is 29.4 Å². The number of nitrogens with zero attached hydrogens (tertiary/aromatic N) is 4. The van der Waals surface area contributed by atoms with E-state index in [1.807, 2.05) is 72.8 Å². The molecule has 0 amide bonds. The quantitative estimate of drug-likeness (QED) is 0.127. The van der Waals surface area contributed by atoms with Crippen molar-refractivity contribution in [1.82, 2.24) is 18.7 Å². The molecular formula is C48H44N4O8. The van der Waals surface area contributed by atoms with Gasteiger partial charge in [-0.3, -0.25) is 9.59 Å². The van der Waals surface area contributed by atoms with Crippen molar-refractivity contribution in [3.05, 3.63) is 164 Å². The Morgan fingerprint density at radius 1 is 0.433 bits per heavy atom. The Labute approximate surface area is 345 Å². The Bertz CT molecular complexity index is 2580. The van der Waals surface area contributed by atoms with E-state index >= 15 is 0 Å². The van der Waals surface area contributed by atoms with Gasteiger partial charge < -0.3 is 19.7 Å². The van der Waals surface area contributed by atoms with Gasteiger partial charge in [0.05, 0.1) is 22.7 Å². The van der Waals surface area contributed by atoms with Crippen LogP contribution in [0.4, 0.5) is 0 Å². The van der Waals surface area contributed by atoms with E-state index in [4.69, 9.17) is 9.47 Å². The normalized spacial score (nSPS) is 22.1. The first-order chi connectivity index (χ1) is 29.2. The fourth-order valence-corrected chi connectivity index (χ4v) is 9.10. The number of hydrogen-bond acceptors (Lipinski definition) is 8. The number of carbonyl (C=O) groups is 2. The molecule has 2 spiro atoms. The molecule has 1 aliphatic carbocycles. The van der Waals surface area contributed by atoms with E-state index in [0.29, 0.717) is 66.0 Å². The van der Waals surface area contributed by atoms with E-state index in [1.165, 1.54) is 30.9 Å². The van der Waals surface area contributed by atoms with Crippen LogP contribution in [0.2, 0.25) is 0 Å². The molecule has 9 rings (SSSR count). The Kier molecular flexibility index (Phi) is 9.99. The smallest absolute Gasteiger partial charge is 0.334 e. The van der Waals surface area contributed by atoms with Crippen LogP contribution in [0, 0.1) is 0 Å². The third-order valence-electron chi connectivity index (χ3n) is 12.0. The van der Waals surface area contributed by atoms with Gasteiger partial charge in [0.1, 0.15) is 22.3 Å². The lowest BCUT2D eigenvalue weighted by atomic mass is 9.80. The fraction of sp³-hybridized carbons (Fsp3) is 0.250. The summed E-state index contributed by atoms with van der Waals surface area (Å²) in [6.45, 7) is 0. The minimum absolute atomic E-state index is 0.0108. The molecule has 60 heavy (non-hydrogen) atoms. The van der Waals surface area contributed by atoms with Gasteiger partial charge in [0.25, 0.3) is 11.1 Å². The fourth-order valence-electron chi connectivity index (χ4n) is 9.10. The molecule has 0 bridgehead atoms. The number of ether oxygens (including phenoxy) is 2. The van der Waals surface area contributed by atoms with Gasteiger partial charge in [-0.25, -0.2) is 28.3 Å². The summed E-state index contributed by atoms with van der Waals surface area (Å²) in [4.78, 5) is 55.3. The molecule has 4 heterocycles. The van der Waals surface area contributed by atoms with Gasteiger partial charge in [0.15, 0.2) is 0 Å². The molecule has 304 valence electrons. The third kappa shape index (κ3) is 6.97. The van der Waals surface area contributed by atoms with Gasteiger partial charge in [-0.1, -0.05) is 79.2 Å². The van der Waals surface area contributed by atoms with E-state index in [-0.39, 0.29) is 35.7 Å². The standard InChI is InChI=1S/C48H44N4O8/c53-41-39(42(54)50(36-19-8-2-9-20-36)49(41)35-17-6-1-7-18-35)29-33-31-47(59-45(33)57)25-14-5-15-26-48(28-16-27-47)32-34(46(58)60-48)30-40-43(55)51(37-21-10-3-11-22-37)52(44(40)56)38-23-12-4-13-24-38/h1-4,6-13,17-24,29-30,53,55H,5,14-16,25-28,31-32H2. The van der Waals surface area contributed by atoms with Crippen molar-refractivity contribution >= 4 is 24.1 Å². The highest BCUT2D eigenvalue weighted by Gasteiger charge is 2.47. The Morgan fingerprint density at radius 2 is 0.750 bits per heavy atom. The molecule has 1 saturated carbocycles. The number of aromatic hydroxyl groups is 2. The highest BCUT2D eigenvalue weighted by Crippen LogP contribution is 2.46. The lowest BCUT2D eigenvalue weighted by Gasteiger charge is -2.33. The van der Waals surface area contributed by atoms with Crippen LogP contribution in [0.1, 0.15) is 75.3 Å². The average Bonchev–Trinajstić information content (AvgIpc) is 3.92. The lowest BCUT2D eigenvalue weighted by Crippen LogP contribution is -2.33. The van der Waals surface area contributed by atoms with Gasteiger partial charge in [-0.15, -0.1) is 0 Å². The van der Waals surface area contributed by atoms with Crippen LogP contribution in [-0.2, 0) is 19.1 Å². The van der Waals surface area contributed by atoms with Crippen molar-refractivity contribution in [3.8, 4) is 34.5 Å². The van der Waals surface area contributed by atoms with Crippen LogP contribution in [0.15, 0.2) is 142 Å². The predicted octanol–water partition coefficient (Wildman–Crippen LogP) is 7.95. The molecular weight excluding hydrogens is 761 g/mol. The first kappa shape index (κ1) is 38.4. The van der Waals surface area contributed by atoms with E-state index in [2.05, 4.69) is 0 Å². The first-order valence-corrected chi connectivity index (χ1v) is 20.4. The van der Waals surface area contributed by atoms with Gasteiger partial charge in [0, 0.05) is 24.0 Å². The highest BCUT2D eigenvalue weighted by atomic mass is 16.6. The van der Waals surface area contributed by atoms with Crippen molar-refractivity contribution in [3.63, 3.8) is 0 Å². The molecule has 4 aromatic carbocycles. The molecule has 3 aliphatic rings. The number of hydrogen-bond donors (Lipinski definition) is 2. The summed E-state index contributed by atoms with van der Waals surface area (Å²) >= 11 is 0. The lowest BCUT2D eigenvalue weighted by molar-refractivity contribution is -0.149. The summed E-state index contributed by atoms with van der Waals surface area (Å²) in [5, 5.41) is 23.1. The molecule has 12 heteroatoms. The molecule has 6 aromatic rings. The van der Waals surface area contributed by atoms with Crippen molar-refractivity contribution in [1.29, 1.82) is 0 Å². The van der Waals surface area contributed by atoms with Crippen LogP contribution in [0.25, 0.3) is 34.9 Å². The Hall–Kier alpha value is -7.08. The number of benzene rings is 4. The molecule has 3 fully saturated rings. The van der Waals surface area contributed by atoms with Crippen LogP contribution in [0.5, 0.6) is 11.8 Å². The molecule has 2 saturated heterocycles. The summed E-state index contributed by atoms with van der Waals surface area (Å²) in [6, 6.07) is 36.1. The van der Waals surface area contributed by atoms with Crippen molar-refractivity contribution in [2.24, 2.45) is 0 Å². The van der Waals surface area contributed by atoms with Crippen LogP contribution in [-0.4, -0.2) is 52.1 Å². The number of carbonyl (C=O) groups excluding carboxylic acids is 2. The maximum absolute atomic E-state index is 14.0. The van der Waals surface area contributed by atoms with E-state index in [0.717, 1.165) is 19.3 Å². The molecule has 2 unspecified atom stereocenters. The number of aromatic nitrogens is 4. The van der Waals surface area contributed by atoms with Crippen molar-refractivity contribution < 1.29 is 29.3 Å². The minimum Gasteiger partial charge on any atom is -0.493 e. The second kappa shape index (κ2) is 15.6. The number of para-hydroxylation sites is 4. The summed E-state index contributed by atoms with van der Waals surface area (Å²) in [6.07, 6.45) is 8.64. The molecule has 12 nitrogen and oxygen atoms in total. The third-order valence-corrected chi connectivity index (χ3v) is 12.0. The van der Waals surface area contributed by atoms with Crippen LogP contribution >= 0.6 is 0 Å². The van der Waals surface area contributed by atoms with Crippen molar-refractivity contribution in [2.45, 2.75) is 75.4 Å². The van der Waals surface area contributed by atoms with Gasteiger partial charge in [0.2, 0.25) is 11.8 Å². The average molecular weight is 805 g/mol. The minimum atomic E-state index is -0.826. The van der Waals surface area contributed by atoms with Crippen LogP contribution < -0.4 is 11.1 Å². The Balaban J connectivity index is 0.982. The molecule has 0 radical (unpaired) electrons. The summed E-state index contributed by atoms with van der Waals surface area (Å²) in [5.41, 5.74) is 0.230. The number of esters is 2. The second-order valence-electron chi connectivity index (χ2n) is 15.9. The zero-order valence-electron chi connectivity index (χ0n) is 32.9. The monoisotopic (exact) mass is 804 g/mol. The predicted molar refractivity (Wildman–Crippen MR) is 226 cm³/mol.